The van der Waals surface area contributed by atoms with Gasteiger partial charge in [-0.1, -0.05) is 0 Å². The Morgan fingerprint density at radius 1 is 1.19 bits per heavy atom. The molecule has 0 atom stereocenters. The van der Waals surface area contributed by atoms with E-state index in [1.807, 2.05) is 0 Å². The quantitative estimate of drug-likeness (QED) is 0.235. The zero-order valence-electron chi connectivity index (χ0n) is 13.1. The number of halogens is 3. The average Bonchev–Trinajstić information content (AvgIpc) is 3.05. The van der Waals surface area contributed by atoms with Crippen molar-refractivity contribution in [3.05, 3.63) is 64.0 Å². The summed E-state index contributed by atoms with van der Waals surface area (Å²) >= 11 is 0. The number of alkyl halides is 3. The average molecular weight is 382 g/mol. The van der Waals surface area contributed by atoms with E-state index in [9.17, 15) is 38.7 Å². The highest BCUT2D eigenvalue weighted by atomic mass is 19.4. The Kier molecular flexibility index (Phi) is 4.10. The predicted octanol–water partition coefficient (Wildman–Crippen LogP) is 2.51. The van der Waals surface area contributed by atoms with Crippen molar-refractivity contribution in [3.63, 3.8) is 0 Å². The Balaban J connectivity index is 2.19. The first kappa shape index (κ1) is 18.0. The Morgan fingerprint density at radius 2 is 1.89 bits per heavy atom. The van der Waals surface area contributed by atoms with E-state index in [0.717, 1.165) is 29.2 Å². The first-order valence-electron chi connectivity index (χ1n) is 7.12. The minimum atomic E-state index is -4.77. The zero-order valence-corrected chi connectivity index (χ0v) is 13.1. The summed E-state index contributed by atoms with van der Waals surface area (Å²) in [4.78, 5) is 13.8. The number of nitro benzene ring substituents is 1. The van der Waals surface area contributed by atoms with Gasteiger partial charge in [-0.2, -0.15) is 17.9 Å². The van der Waals surface area contributed by atoms with Gasteiger partial charge in [0.05, 0.1) is 23.1 Å². The SMILES string of the molecule is O=[N+]([O-])c1cc(-c2cncn2-c2cc(C(F)(F)F)c[n+]([O-])c2)cc(O)c1O. The maximum atomic E-state index is 12.9. The summed E-state index contributed by atoms with van der Waals surface area (Å²) in [5, 5.41) is 41.8. The van der Waals surface area contributed by atoms with Gasteiger partial charge in [0.25, 0.3) is 0 Å². The van der Waals surface area contributed by atoms with E-state index in [1.54, 1.807) is 0 Å². The van der Waals surface area contributed by atoms with Crippen molar-refractivity contribution in [2.75, 3.05) is 0 Å². The molecule has 9 nitrogen and oxygen atoms in total. The summed E-state index contributed by atoms with van der Waals surface area (Å²) in [6.45, 7) is 0. The van der Waals surface area contributed by atoms with E-state index in [4.69, 9.17) is 0 Å². The van der Waals surface area contributed by atoms with Gasteiger partial charge in [0.15, 0.2) is 11.9 Å². The van der Waals surface area contributed by atoms with Gasteiger partial charge in [0.1, 0.15) is 11.3 Å². The summed E-state index contributed by atoms with van der Waals surface area (Å²) in [7, 11) is 0. The van der Waals surface area contributed by atoms with Crippen LogP contribution in [0.25, 0.3) is 16.9 Å². The van der Waals surface area contributed by atoms with Crippen LogP contribution < -0.4 is 4.73 Å². The van der Waals surface area contributed by atoms with Crippen LogP contribution in [0.15, 0.2) is 43.1 Å². The molecule has 0 spiro atoms. The number of aromatic nitrogens is 3. The molecule has 27 heavy (non-hydrogen) atoms. The van der Waals surface area contributed by atoms with Gasteiger partial charge in [-0.15, -0.1) is 0 Å². The Labute approximate surface area is 147 Å². The van der Waals surface area contributed by atoms with Crippen LogP contribution in [0.5, 0.6) is 11.5 Å². The number of nitrogens with zero attached hydrogens (tertiary/aromatic N) is 4. The smallest absolute Gasteiger partial charge is 0.422 e. The lowest BCUT2D eigenvalue weighted by atomic mass is 10.1. The Bertz CT molecular complexity index is 1050. The lowest BCUT2D eigenvalue weighted by molar-refractivity contribution is -0.606. The predicted molar refractivity (Wildman–Crippen MR) is 82.9 cm³/mol. The molecule has 0 radical (unpaired) electrons. The number of rotatable bonds is 3. The third kappa shape index (κ3) is 3.31. The van der Waals surface area contributed by atoms with Crippen molar-refractivity contribution >= 4 is 5.69 Å². The number of hydrogen-bond acceptors (Lipinski definition) is 6. The number of hydrogen-bond donors (Lipinski definition) is 2. The molecule has 3 rings (SSSR count). The molecular weight excluding hydrogens is 373 g/mol. The summed E-state index contributed by atoms with van der Waals surface area (Å²) in [5.74, 6) is -1.75. The van der Waals surface area contributed by atoms with Gasteiger partial charge in [0.2, 0.25) is 11.9 Å². The molecule has 12 heteroatoms. The monoisotopic (exact) mass is 382 g/mol. The molecule has 0 fully saturated rings. The van der Waals surface area contributed by atoms with E-state index in [-0.39, 0.29) is 21.7 Å². The highest BCUT2D eigenvalue weighted by Crippen LogP contribution is 2.39. The maximum Gasteiger partial charge on any atom is 0.422 e. The number of phenols is 2. The van der Waals surface area contributed by atoms with Crippen molar-refractivity contribution in [2.45, 2.75) is 6.18 Å². The standard InChI is InChI=1S/C15H9F3N4O5/c16-15(17,18)9-3-10(6-20(25)5-9)21-7-19-4-12(21)8-1-11(22(26)27)14(24)13(23)2-8/h1-7,23-24H. The van der Waals surface area contributed by atoms with Crippen molar-refractivity contribution in [2.24, 2.45) is 0 Å². The Hall–Kier alpha value is -3.83. The van der Waals surface area contributed by atoms with Crippen molar-refractivity contribution in [3.8, 4) is 28.4 Å². The van der Waals surface area contributed by atoms with Gasteiger partial charge in [-0.25, -0.2) is 4.98 Å². The van der Waals surface area contributed by atoms with E-state index in [0.29, 0.717) is 12.3 Å². The molecule has 0 aliphatic carbocycles. The van der Waals surface area contributed by atoms with Gasteiger partial charge >= 0.3 is 11.9 Å². The molecule has 0 aliphatic heterocycles. The van der Waals surface area contributed by atoms with Gasteiger partial charge in [0, 0.05) is 11.6 Å². The molecule has 2 aromatic heterocycles. The van der Waals surface area contributed by atoms with Crippen molar-refractivity contribution < 1.29 is 33.0 Å². The van der Waals surface area contributed by atoms with Gasteiger partial charge < -0.3 is 15.4 Å². The van der Waals surface area contributed by atoms with E-state index in [2.05, 4.69) is 4.98 Å². The van der Waals surface area contributed by atoms with E-state index < -0.39 is 33.8 Å². The van der Waals surface area contributed by atoms with Crippen molar-refractivity contribution in [1.29, 1.82) is 0 Å². The van der Waals surface area contributed by atoms with E-state index >= 15 is 0 Å². The maximum absolute atomic E-state index is 12.9. The topological polar surface area (TPSA) is 128 Å². The third-order valence-corrected chi connectivity index (χ3v) is 3.64. The lowest BCUT2D eigenvalue weighted by Gasteiger charge is -2.12. The highest BCUT2D eigenvalue weighted by molar-refractivity contribution is 5.71. The number of benzene rings is 1. The zero-order chi connectivity index (χ0) is 19.9. The van der Waals surface area contributed by atoms with Crippen LogP contribution >= 0.6 is 0 Å². The second-order valence-corrected chi connectivity index (χ2v) is 5.41. The molecule has 0 amide bonds. The van der Waals surface area contributed by atoms with Crippen LogP contribution in [0.4, 0.5) is 18.9 Å². The summed E-state index contributed by atoms with van der Waals surface area (Å²) in [6.07, 6.45) is -1.28. The van der Waals surface area contributed by atoms with E-state index in [1.165, 1.54) is 6.20 Å². The van der Waals surface area contributed by atoms with Crippen LogP contribution in [0.3, 0.4) is 0 Å². The molecule has 2 N–H and O–H groups in total. The summed E-state index contributed by atoms with van der Waals surface area (Å²) in [5.41, 5.74) is -2.17. The first-order valence-corrected chi connectivity index (χ1v) is 7.12. The number of nitro groups is 1. The fourth-order valence-corrected chi connectivity index (χ4v) is 2.43. The van der Waals surface area contributed by atoms with Crippen LogP contribution in [0, 0.1) is 15.3 Å². The molecule has 0 unspecified atom stereocenters. The molecule has 3 aromatic rings. The normalized spacial score (nSPS) is 11.5. The molecule has 140 valence electrons. The molecule has 0 aliphatic rings. The number of imidazole rings is 1. The summed E-state index contributed by atoms with van der Waals surface area (Å²) in [6, 6.07) is 2.60. The third-order valence-electron chi connectivity index (χ3n) is 3.64. The fraction of sp³-hybridized carbons (Fsp3) is 0.0667. The first-order chi connectivity index (χ1) is 12.6. The number of phenolic OH excluding ortho intramolecular Hbond substituents is 2. The molecule has 0 saturated heterocycles. The van der Waals surface area contributed by atoms with Crippen LogP contribution in [-0.2, 0) is 6.18 Å². The lowest BCUT2D eigenvalue weighted by Crippen LogP contribution is -2.28. The fourth-order valence-electron chi connectivity index (χ4n) is 2.43. The largest absolute Gasteiger partial charge is 0.619 e. The molecule has 0 saturated carbocycles. The summed E-state index contributed by atoms with van der Waals surface area (Å²) < 4.78 is 39.9. The Morgan fingerprint density at radius 3 is 2.52 bits per heavy atom. The second-order valence-electron chi connectivity index (χ2n) is 5.41. The molecular formula is C15H9F3N4O5. The molecule has 0 bridgehead atoms. The van der Waals surface area contributed by atoms with Crippen LogP contribution in [0.2, 0.25) is 0 Å². The minimum Gasteiger partial charge on any atom is -0.619 e. The van der Waals surface area contributed by atoms with Gasteiger partial charge in [-0.05, 0) is 12.1 Å². The van der Waals surface area contributed by atoms with Gasteiger partial charge in [-0.3, -0.25) is 14.7 Å². The molecule has 2 heterocycles. The van der Waals surface area contributed by atoms with Crippen molar-refractivity contribution in [1.82, 2.24) is 9.55 Å². The van der Waals surface area contributed by atoms with Crippen LogP contribution in [-0.4, -0.2) is 24.7 Å². The highest BCUT2D eigenvalue weighted by Gasteiger charge is 2.34. The minimum absolute atomic E-state index is 0.00985. The number of pyridine rings is 1. The second kappa shape index (κ2) is 6.16. The molecule has 1 aromatic carbocycles. The van der Waals surface area contributed by atoms with Crippen LogP contribution in [0.1, 0.15) is 5.56 Å². The number of aromatic hydroxyl groups is 2.